The lowest BCUT2D eigenvalue weighted by Crippen LogP contribution is -2.49. The molecule has 6 aromatic rings. The number of aromatic nitrogens is 2. The van der Waals surface area contributed by atoms with Crippen LogP contribution in [0.3, 0.4) is 0 Å². The van der Waals surface area contributed by atoms with Gasteiger partial charge >= 0.3 is 0 Å². The molecule has 2 atom stereocenters. The number of pyridine rings is 2. The van der Waals surface area contributed by atoms with E-state index in [9.17, 15) is 0 Å². The molecule has 2 fully saturated rings. The van der Waals surface area contributed by atoms with Crippen LogP contribution >= 0.6 is 0 Å². The van der Waals surface area contributed by atoms with Crippen LogP contribution in [0.4, 0.5) is 11.4 Å². The summed E-state index contributed by atoms with van der Waals surface area (Å²) >= 11 is 0. The molecule has 0 amide bonds. The highest BCUT2D eigenvalue weighted by Gasteiger charge is 2.48. The van der Waals surface area contributed by atoms with Crippen molar-refractivity contribution in [2.45, 2.75) is 114 Å². The minimum Gasteiger partial charge on any atom is -0.368 e. The molecule has 4 aromatic carbocycles. The fraction of sp³-hybridized carbons (Fsp3) is 0.339. The van der Waals surface area contributed by atoms with E-state index in [1.54, 1.807) is 0 Å². The van der Waals surface area contributed by atoms with Crippen molar-refractivity contribution < 1.29 is 4.79 Å². The number of hydrogen-bond donors (Lipinski definition) is 0. The van der Waals surface area contributed by atoms with Gasteiger partial charge in [-0.15, -0.1) is 0 Å². The van der Waals surface area contributed by atoms with Crippen molar-refractivity contribution in [1.82, 2.24) is 19.8 Å². The summed E-state index contributed by atoms with van der Waals surface area (Å²) in [5, 5.41) is 0. The van der Waals surface area contributed by atoms with Crippen molar-refractivity contribution in [3.8, 4) is 0 Å². The normalized spacial score (nSPS) is 21.3. The predicted molar refractivity (Wildman–Crippen MR) is 266 cm³/mol. The first-order valence-corrected chi connectivity index (χ1v) is 24.9. The van der Waals surface area contributed by atoms with Gasteiger partial charge < -0.3 is 19.6 Å². The Hall–Kier alpha value is -6.47. The Morgan fingerprint density at radius 2 is 0.848 bits per heavy atom. The molecule has 0 saturated heterocycles. The number of allylic oxidation sites excluding steroid dienone is 2. The fourth-order valence-corrected chi connectivity index (χ4v) is 12.8. The van der Waals surface area contributed by atoms with Gasteiger partial charge in [0.05, 0.1) is 34.6 Å². The molecule has 2 unspecified atom stereocenters. The van der Waals surface area contributed by atoms with Crippen molar-refractivity contribution in [3.05, 3.63) is 202 Å². The molecule has 66 heavy (non-hydrogen) atoms. The topological polar surface area (TPSA) is 55.8 Å². The average Bonchev–Trinajstić information content (AvgIpc) is 3.40. The molecule has 2 saturated carbocycles. The Labute approximate surface area is 390 Å². The number of ketones is 1. The molecule has 0 spiro atoms. The Kier molecular flexibility index (Phi) is 11.0. The minimum absolute atomic E-state index is 0.0784. The van der Waals surface area contributed by atoms with Crippen molar-refractivity contribution in [1.29, 1.82) is 0 Å². The lowest BCUT2D eigenvalue weighted by atomic mass is 9.77. The number of carbonyl (C=O) groups is 1. The standard InChI is InChI=1S/C59H60N6O/c66-59(53-49-37-60-33-29-51(49)64(47-25-9-3-10-26-47)55(43-19-5-1-6-20-43)57(53)62-35-31-41-17-13-15-23-45(41)39-62)54-50-38-61-34-30-52(50)65(48-27-11-4-12-28-48)56(44-21-7-2-8-22-44)58(54)63-36-32-42-18-14-16-24-46(42)40-63/h1-2,5-8,13-24,29-30,33-34,37-38,47-48,55-56H,3-4,9-12,25-28,31-32,35-36,39-40H2. The van der Waals surface area contributed by atoms with Gasteiger partial charge in [-0.1, -0.05) is 148 Å². The highest BCUT2D eigenvalue weighted by molar-refractivity contribution is 6.44. The van der Waals surface area contributed by atoms with Crippen LogP contribution in [-0.2, 0) is 30.7 Å². The zero-order valence-corrected chi connectivity index (χ0v) is 38.1. The number of hydrogen-bond acceptors (Lipinski definition) is 7. The molecule has 7 nitrogen and oxygen atoms in total. The third-order valence-electron chi connectivity index (χ3n) is 15.8. The average molecular weight is 869 g/mol. The zero-order valence-electron chi connectivity index (χ0n) is 38.1. The largest absolute Gasteiger partial charge is 0.368 e. The summed E-state index contributed by atoms with van der Waals surface area (Å²) in [6, 6.07) is 44.8. The monoisotopic (exact) mass is 868 g/mol. The van der Waals surface area contributed by atoms with E-state index in [1.807, 2.05) is 24.8 Å². The molecule has 4 aliphatic heterocycles. The van der Waals surface area contributed by atoms with Gasteiger partial charge in [-0.05, 0) is 84.0 Å². The van der Waals surface area contributed by atoms with E-state index in [-0.39, 0.29) is 17.9 Å². The molecular weight excluding hydrogens is 809 g/mol. The number of benzene rings is 4. The van der Waals surface area contributed by atoms with Crippen LogP contribution in [-0.4, -0.2) is 50.7 Å². The number of nitrogens with zero attached hydrogens (tertiary/aromatic N) is 6. The Morgan fingerprint density at radius 3 is 1.27 bits per heavy atom. The van der Waals surface area contributed by atoms with E-state index in [1.165, 1.54) is 71.9 Å². The summed E-state index contributed by atoms with van der Waals surface area (Å²) in [4.78, 5) is 37.8. The van der Waals surface area contributed by atoms with Crippen LogP contribution in [0.25, 0.3) is 11.1 Å². The molecular formula is C59H60N6O. The highest BCUT2D eigenvalue weighted by atomic mass is 16.1. The number of fused-ring (bicyclic) bond motifs is 4. The number of anilines is 2. The number of Topliss-reactive ketones (excluding diaryl/α,β-unsaturated/α-hetero) is 1. The van der Waals surface area contributed by atoms with Gasteiger partial charge in [-0.25, -0.2) is 0 Å². The first-order valence-electron chi connectivity index (χ1n) is 24.9. The Balaban J connectivity index is 1.16. The summed E-state index contributed by atoms with van der Waals surface area (Å²) in [5.74, 6) is 0.0784. The second kappa shape index (κ2) is 17.7. The maximum Gasteiger partial charge on any atom is 0.198 e. The van der Waals surface area contributed by atoms with Gasteiger partial charge in [0.15, 0.2) is 5.78 Å². The van der Waals surface area contributed by atoms with Crippen LogP contribution < -0.4 is 9.80 Å². The second-order valence-corrected chi connectivity index (χ2v) is 19.5. The van der Waals surface area contributed by atoms with Crippen molar-refractivity contribution in [3.63, 3.8) is 0 Å². The summed E-state index contributed by atoms with van der Waals surface area (Å²) in [6.07, 6.45) is 21.7. The van der Waals surface area contributed by atoms with Gasteiger partial charge in [0.25, 0.3) is 0 Å². The molecule has 0 radical (unpaired) electrons. The maximum absolute atomic E-state index is 17.3. The van der Waals surface area contributed by atoms with E-state index >= 15 is 4.79 Å². The molecule has 7 heteroatoms. The SMILES string of the molecule is O=C(C1=C(N2CCc3ccccc3C2)C(c2ccccc2)N(C2CCCCC2)c2ccncc21)C1=C(N2CCc3ccccc3C2)C(c2ccccc2)N(C2CCCCC2)c2ccncc21. The van der Waals surface area contributed by atoms with Crippen molar-refractivity contribution in [2.75, 3.05) is 22.9 Å². The molecule has 2 aromatic heterocycles. The van der Waals surface area contributed by atoms with E-state index in [0.29, 0.717) is 12.1 Å². The molecule has 6 heterocycles. The predicted octanol–water partition coefficient (Wildman–Crippen LogP) is 12.1. The Morgan fingerprint density at radius 1 is 0.455 bits per heavy atom. The highest BCUT2D eigenvalue weighted by Crippen LogP contribution is 2.55. The fourth-order valence-electron chi connectivity index (χ4n) is 12.8. The second-order valence-electron chi connectivity index (χ2n) is 19.5. The van der Waals surface area contributed by atoms with Crippen LogP contribution in [0, 0.1) is 0 Å². The van der Waals surface area contributed by atoms with E-state index in [4.69, 9.17) is 9.97 Å². The smallest absolute Gasteiger partial charge is 0.198 e. The first kappa shape index (κ1) is 41.0. The summed E-state index contributed by atoms with van der Waals surface area (Å²) in [6.45, 7) is 3.15. The van der Waals surface area contributed by atoms with Gasteiger partial charge in [0.1, 0.15) is 0 Å². The third-order valence-corrected chi connectivity index (χ3v) is 15.8. The van der Waals surface area contributed by atoms with Crippen molar-refractivity contribution in [2.24, 2.45) is 0 Å². The van der Waals surface area contributed by atoms with Gasteiger partial charge in [0, 0.05) is 85.6 Å². The molecule has 0 bridgehead atoms. The van der Waals surface area contributed by atoms with Gasteiger partial charge in [-0.3, -0.25) is 14.8 Å². The lowest BCUT2D eigenvalue weighted by molar-refractivity contribution is -0.109. The van der Waals surface area contributed by atoms with E-state index in [2.05, 4.69) is 141 Å². The summed E-state index contributed by atoms with van der Waals surface area (Å²) in [7, 11) is 0. The molecule has 12 rings (SSSR count). The number of carbonyl (C=O) groups excluding carboxylic acids is 1. The molecule has 332 valence electrons. The van der Waals surface area contributed by atoms with Crippen LogP contribution in [0.2, 0.25) is 0 Å². The van der Waals surface area contributed by atoms with E-state index in [0.717, 1.165) is 110 Å². The van der Waals surface area contributed by atoms with Gasteiger partial charge in [0.2, 0.25) is 0 Å². The Bertz CT molecular complexity index is 2610. The molecule has 2 aliphatic carbocycles. The molecule has 6 aliphatic rings. The van der Waals surface area contributed by atoms with Crippen LogP contribution in [0.15, 0.2) is 158 Å². The van der Waals surface area contributed by atoms with Crippen LogP contribution in [0.1, 0.15) is 121 Å². The third kappa shape index (κ3) is 7.22. The summed E-state index contributed by atoms with van der Waals surface area (Å²) < 4.78 is 0. The molecule has 0 N–H and O–H groups in total. The van der Waals surface area contributed by atoms with Crippen molar-refractivity contribution >= 4 is 28.3 Å². The number of rotatable bonds is 8. The van der Waals surface area contributed by atoms with Crippen LogP contribution in [0.5, 0.6) is 0 Å². The maximum atomic E-state index is 17.3. The quantitative estimate of drug-likeness (QED) is 0.151. The first-order chi connectivity index (χ1) is 32.7. The minimum atomic E-state index is -0.167. The lowest BCUT2D eigenvalue weighted by Gasteiger charge is -2.51. The van der Waals surface area contributed by atoms with E-state index < -0.39 is 0 Å². The van der Waals surface area contributed by atoms with Gasteiger partial charge in [-0.2, -0.15) is 0 Å². The zero-order chi connectivity index (χ0) is 44.0. The summed E-state index contributed by atoms with van der Waals surface area (Å²) in [5.41, 5.74) is 15.8.